The van der Waals surface area contributed by atoms with Crippen molar-refractivity contribution in [1.82, 2.24) is 14.7 Å². The molecule has 3 heterocycles. The van der Waals surface area contributed by atoms with E-state index in [0.29, 0.717) is 52.0 Å². The van der Waals surface area contributed by atoms with Crippen molar-refractivity contribution in [3.8, 4) is 23.0 Å². The van der Waals surface area contributed by atoms with E-state index in [-0.39, 0.29) is 18.1 Å². The van der Waals surface area contributed by atoms with Gasteiger partial charge >= 0.3 is 0 Å². The Balaban J connectivity index is 1.28. The number of pyridine rings is 2. The van der Waals surface area contributed by atoms with Crippen LogP contribution in [0.1, 0.15) is 5.56 Å². The fraction of sp³-hybridized carbons (Fsp3) is 0.194. The first kappa shape index (κ1) is 25.2. The minimum atomic E-state index is -0.226. The molecule has 1 N–H and O–H groups in total. The van der Waals surface area contributed by atoms with Gasteiger partial charge in [-0.3, -0.25) is 19.0 Å². The van der Waals surface area contributed by atoms with Gasteiger partial charge in [0.1, 0.15) is 11.5 Å². The molecule has 0 aliphatic carbocycles. The molecule has 0 saturated carbocycles. The number of hydrogen-bond acceptors (Lipinski definition) is 7. The van der Waals surface area contributed by atoms with E-state index in [4.69, 9.17) is 18.9 Å². The first-order chi connectivity index (χ1) is 19.5. The SMILES string of the molecule is COc1ccc(CCNC(=O)COc2ccc3c(c2)c2ccnc4c5ccc(OC)c(OC)c5c(=O)n3c24)cc1. The monoisotopic (exact) mass is 537 g/mol. The number of methoxy groups -OCH3 is 3. The van der Waals surface area contributed by atoms with Crippen LogP contribution in [0.4, 0.5) is 0 Å². The van der Waals surface area contributed by atoms with E-state index in [1.54, 1.807) is 29.8 Å². The summed E-state index contributed by atoms with van der Waals surface area (Å²) in [6, 6.07) is 18.7. The van der Waals surface area contributed by atoms with Gasteiger partial charge in [0.2, 0.25) is 0 Å². The highest BCUT2D eigenvalue weighted by Crippen LogP contribution is 2.39. The number of nitrogens with one attached hydrogen (secondary N) is 1. The van der Waals surface area contributed by atoms with Gasteiger partial charge in [-0.2, -0.15) is 0 Å². The molecule has 6 aromatic rings. The molecule has 0 aliphatic rings. The second-order valence-electron chi connectivity index (χ2n) is 9.34. The third-order valence-corrected chi connectivity index (χ3v) is 7.13. The Morgan fingerprint density at radius 2 is 1.68 bits per heavy atom. The molecule has 0 spiro atoms. The average molecular weight is 538 g/mol. The van der Waals surface area contributed by atoms with E-state index in [9.17, 15) is 9.59 Å². The van der Waals surface area contributed by atoms with Crippen LogP contribution in [0.2, 0.25) is 0 Å². The zero-order chi connectivity index (χ0) is 27.8. The van der Waals surface area contributed by atoms with Crippen molar-refractivity contribution < 1.29 is 23.7 Å². The molecule has 6 rings (SSSR count). The van der Waals surface area contributed by atoms with Gasteiger partial charge in [0.15, 0.2) is 18.1 Å². The Kier molecular flexibility index (Phi) is 6.47. The van der Waals surface area contributed by atoms with Crippen LogP contribution >= 0.6 is 0 Å². The van der Waals surface area contributed by atoms with E-state index in [0.717, 1.165) is 27.6 Å². The molecule has 0 radical (unpaired) electrons. The predicted octanol–water partition coefficient (Wildman–Crippen LogP) is 4.36. The van der Waals surface area contributed by atoms with E-state index >= 15 is 0 Å². The summed E-state index contributed by atoms with van der Waals surface area (Å²) >= 11 is 0. The summed E-state index contributed by atoms with van der Waals surface area (Å²) < 4.78 is 23.7. The Labute approximate surface area is 229 Å². The van der Waals surface area contributed by atoms with Crippen molar-refractivity contribution in [3.05, 3.63) is 82.8 Å². The largest absolute Gasteiger partial charge is 0.497 e. The van der Waals surface area contributed by atoms with E-state index in [1.807, 2.05) is 48.5 Å². The molecule has 202 valence electrons. The normalized spacial score (nSPS) is 11.4. The second kappa shape index (κ2) is 10.3. The highest BCUT2D eigenvalue weighted by molar-refractivity contribution is 6.19. The number of nitrogens with zero attached hydrogens (tertiary/aromatic N) is 2. The quantitative estimate of drug-likeness (QED) is 0.274. The van der Waals surface area contributed by atoms with Gasteiger partial charge in [-0.1, -0.05) is 12.1 Å². The molecular formula is C31H27N3O6. The Hall–Kier alpha value is -5.05. The van der Waals surface area contributed by atoms with Crippen LogP contribution in [-0.4, -0.2) is 49.8 Å². The molecule has 0 aliphatic heterocycles. The molecule has 0 unspecified atom stereocenters. The summed E-state index contributed by atoms with van der Waals surface area (Å²) in [5, 5.41) is 5.66. The predicted molar refractivity (Wildman–Crippen MR) is 153 cm³/mol. The van der Waals surface area contributed by atoms with Crippen LogP contribution in [0.25, 0.3) is 38.1 Å². The lowest BCUT2D eigenvalue weighted by molar-refractivity contribution is -0.123. The maximum Gasteiger partial charge on any atom is 0.267 e. The summed E-state index contributed by atoms with van der Waals surface area (Å²) in [4.78, 5) is 30.9. The lowest BCUT2D eigenvalue weighted by Gasteiger charge is -2.12. The molecule has 9 heteroatoms. The first-order valence-electron chi connectivity index (χ1n) is 12.8. The summed E-state index contributed by atoms with van der Waals surface area (Å²) in [5.41, 5.74) is 2.98. The smallest absolute Gasteiger partial charge is 0.267 e. The van der Waals surface area contributed by atoms with Crippen LogP contribution in [0.15, 0.2) is 71.7 Å². The van der Waals surface area contributed by atoms with Crippen molar-refractivity contribution in [2.45, 2.75) is 6.42 Å². The maximum atomic E-state index is 13.9. The number of fused-ring (bicyclic) bond motifs is 5. The molecule has 9 nitrogen and oxygen atoms in total. The van der Waals surface area contributed by atoms with Gasteiger partial charge in [0.05, 0.1) is 43.3 Å². The second-order valence-corrected chi connectivity index (χ2v) is 9.34. The Bertz CT molecular complexity index is 1930. The van der Waals surface area contributed by atoms with Crippen molar-refractivity contribution in [1.29, 1.82) is 0 Å². The summed E-state index contributed by atoms with van der Waals surface area (Å²) in [7, 11) is 4.68. The molecule has 0 bridgehead atoms. The fourth-order valence-corrected chi connectivity index (χ4v) is 5.23. The van der Waals surface area contributed by atoms with Crippen LogP contribution in [0.3, 0.4) is 0 Å². The molecule has 3 aromatic heterocycles. The lowest BCUT2D eigenvalue weighted by atomic mass is 10.1. The van der Waals surface area contributed by atoms with Gasteiger partial charge in [0.25, 0.3) is 11.5 Å². The van der Waals surface area contributed by atoms with E-state index in [1.165, 1.54) is 14.2 Å². The number of amides is 1. The molecular weight excluding hydrogens is 510 g/mol. The summed E-state index contributed by atoms with van der Waals surface area (Å²) in [6.07, 6.45) is 2.42. The number of benzene rings is 3. The zero-order valence-electron chi connectivity index (χ0n) is 22.3. The highest BCUT2D eigenvalue weighted by Gasteiger charge is 2.22. The molecule has 1 amide bonds. The van der Waals surface area contributed by atoms with E-state index in [2.05, 4.69) is 10.3 Å². The minimum absolute atomic E-state index is 0.124. The molecule has 40 heavy (non-hydrogen) atoms. The van der Waals surface area contributed by atoms with Gasteiger partial charge in [0, 0.05) is 28.9 Å². The van der Waals surface area contributed by atoms with Crippen LogP contribution in [-0.2, 0) is 11.2 Å². The van der Waals surface area contributed by atoms with Gasteiger partial charge in [-0.25, -0.2) is 0 Å². The molecule has 0 fully saturated rings. The van der Waals surface area contributed by atoms with Crippen LogP contribution in [0, 0.1) is 0 Å². The third kappa shape index (κ3) is 4.16. The third-order valence-electron chi connectivity index (χ3n) is 7.13. The number of carbonyl (C=O) groups excluding carboxylic acids is 1. The summed E-state index contributed by atoms with van der Waals surface area (Å²) in [5.74, 6) is 1.95. The topological polar surface area (TPSA) is 100 Å². The number of aromatic nitrogens is 2. The minimum Gasteiger partial charge on any atom is -0.497 e. The van der Waals surface area contributed by atoms with Crippen LogP contribution < -0.4 is 29.8 Å². The Morgan fingerprint density at radius 3 is 2.42 bits per heavy atom. The number of rotatable bonds is 9. The number of carbonyl (C=O) groups is 1. The van der Waals surface area contributed by atoms with E-state index < -0.39 is 0 Å². The Morgan fingerprint density at radius 1 is 0.875 bits per heavy atom. The van der Waals surface area contributed by atoms with Crippen molar-refractivity contribution >= 4 is 44.0 Å². The average Bonchev–Trinajstić information content (AvgIpc) is 3.33. The standard InChI is InChI=1S/C31H27N3O6/c1-37-19-6-4-18(5-7-19)12-14-32-26(35)17-40-20-8-10-24-23(16-20)21-13-15-33-28-22-9-11-25(38-2)30(39-3)27(22)31(36)34(24)29(21)28/h4-11,13,15-16H,12,14,17H2,1-3H3,(H,32,35). The van der Waals surface area contributed by atoms with Crippen molar-refractivity contribution in [2.24, 2.45) is 0 Å². The fourth-order valence-electron chi connectivity index (χ4n) is 5.23. The van der Waals surface area contributed by atoms with Gasteiger partial charge in [-0.15, -0.1) is 0 Å². The first-order valence-corrected chi connectivity index (χ1v) is 12.8. The molecule has 3 aromatic carbocycles. The number of ether oxygens (including phenoxy) is 4. The molecule has 0 atom stereocenters. The van der Waals surface area contributed by atoms with Crippen molar-refractivity contribution in [2.75, 3.05) is 34.5 Å². The molecule has 0 saturated heterocycles. The van der Waals surface area contributed by atoms with Crippen LogP contribution in [0.5, 0.6) is 23.0 Å². The summed E-state index contributed by atoms with van der Waals surface area (Å²) in [6.45, 7) is 0.370. The zero-order valence-corrected chi connectivity index (χ0v) is 22.3. The van der Waals surface area contributed by atoms with Gasteiger partial charge < -0.3 is 24.3 Å². The van der Waals surface area contributed by atoms with Crippen molar-refractivity contribution in [3.63, 3.8) is 0 Å². The lowest BCUT2D eigenvalue weighted by Crippen LogP contribution is -2.30. The number of hydrogen-bond donors (Lipinski definition) is 1. The highest BCUT2D eigenvalue weighted by atomic mass is 16.5. The van der Waals surface area contributed by atoms with Gasteiger partial charge in [-0.05, 0) is 60.5 Å². The maximum absolute atomic E-state index is 13.9.